The summed E-state index contributed by atoms with van der Waals surface area (Å²) in [7, 11) is 0. The summed E-state index contributed by atoms with van der Waals surface area (Å²) in [6.45, 7) is 0. The summed E-state index contributed by atoms with van der Waals surface area (Å²) < 4.78 is 1.93. The van der Waals surface area contributed by atoms with Gasteiger partial charge in [0.05, 0.1) is 33.9 Å². The molecule has 1 aromatic carbocycles. The molecule has 3 aromatic heterocycles. The minimum absolute atomic E-state index is 0.0163. The van der Waals surface area contributed by atoms with Crippen LogP contribution in [0.15, 0.2) is 57.2 Å². The zero-order valence-electron chi connectivity index (χ0n) is 14.8. The van der Waals surface area contributed by atoms with E-state index in [0.717, 1.165) is 5.01 Å². The summed E-state index contributed by atoms with van der Waals surface area (Å²) in [5.74, 6) is -0.912. The predicted molar refractivity (Wildman–Crippen MR) is 114 cm³/mol. The zero-order chi connectivity index (χ0) is 20.4. The molecule has 0 aliphatic heterocycles. The van der Waals surface area contributed by atoms with Crippen molar-refractivity contribution < 1.29 is 14.7 Å². The van der Waals surface area contributed by atoms with E-state index in [1.165, 1.54) is 51.1 Å². The van der Waals surface area contributed by atoms with E-state index < -0.39 is 5.97 Å². The first-order valence-corrected chi connectivity index (χ1v) is 11.1. The topological polar surface area (TPSA) is 102 Å². The Balaban J connectivity index is 1.68. The number of hydrogen-bond acceptors (Lipinski definition) is 8. The van der Waals surface area contributed by atoms with Crippen molar-refractivity contribution in [3.63, 3.8) is 0 Å². The minimum atomic E-state index is -1.04. The van der Waals surface area contributed by atoms with Crippen molar-refractivity contribution in [1.82, 2.24) is 14.5 Å². The van der Waals surface area contributed by atoms with Gasteiger partial charge in [0.1, 0.15) is 10.5 Å². The first-order valence-electron chi connectivity index (χ1n) is 8.40. The van der Waals surface area contributed by atoms with Gasteiger partial charge in [-0.1, -0.05) is 11.8 Å². The summed E-state index contributed by atoms with van der Waals surface area (Å²) in [6, 6.07) is 7.76. The monoisotopic (exact) mass is 443 g/mol. The second-order valence-electron chi connectivity index (χ2n) is 5.95. The molecule has 0 aliphatic rings. The molecule has 0 saturated carbocycles. The molecule has 0 spiro atoms. The summed E-state index contributed by atoms with van der Waals surface area (Å²) >= 11 is 3.90. The van der Waals surface area contributed by atoms with Gasteiger partial charge in [0, 0.05) is 11.6 Å². The number of carboxylic acid groups (broad SMARTS) is 1. The first kappa shape index (κ1) is 19.5. The Hall–Kier alpha value is -2.82. The maximum atomic E-state index is 13.0. The smallest absolute Gasteiger partial charge is 0.335 e. The minimum Gasteiger partial charge on any atom is -0.478 e. The lowest BCUT2D eigenvalue weighted by Crippen LogP contribution is -2.21. The number of aromatic carboxylic acids is 1. The van der Waals surface area contributed by atoms with Crippen LogP contribution in [0.3, 0.4) is 0 Å². The van der Waals surface area contributed by atoms with E-state index in [4.69, 9.17) is 5.11 Å². The number of ketones is 1. The molecule has 7 nitrogen and oxygen atoms in total. The van der Waals surface area contributed by atoms with Crippen molar-refractivity contribution in [2.75, 3.05) is 5.75 Å². The number of benzene rings is 1. The largest absolute Gasteiger partial charge is 0.478 e. The molecule has 10 heteroatoms. The Morgan fingerprint density at radius 1 is 1.10 bits per heavy atom. The van der Waals surface area contributed by atoms with Crippen LogP contribution in [-0.2, 0) is 11.2 Å². The molecule has 1 N–H and O–H groups in total. The van der Waals surface area contributed by atoms with Crippen molar-refractivity contribution in [2.45, 2.75) is 11.6 Å². The van der Waals surface area contributed by atoms with E-state index in [9.17, 15) is 14.4 Å². The Labute approximate surface area is 176 Å². The Morgan fingerprint density at radius 3 is 2.59 bits per heavy atom. The molecule has 4 rings (SSSR count). The number of fused-ring (bicyclic) bond motifs is 1. The molecule has 0 amide bonds. The van der Waals surface area contributed by atoms with E-state index >= 15 is 0 Å². The van der Waals surface area contributed by atoms with Gasteiger partial charge in [0.2, 0.25) is 0 Å². The molecular weight excluding hydrogens is 430 g/mol. The number of aromatic nitrogens is 3. The van der Waals surface area contributed by atoms with Crippen molar-refractivity contribution >= 4 is 56.4 Å². The Kier molecular flexibility index (Phi) is 5.56. The molecule has 0 radical (unpaired) electrons. The highest BCUT2D eigenvalue weighted by atomic mass is 32.2. The Morgan fingerprint density at radius 2 is 1.90 bits per heavy atom. The number of thiazole rings is 1. The molecular formula is C19H13N3O4S3. The predicted octanol–water partition coefficient (Wildman–Crippen LogP) is 3.51. The number of thiophene rings is 1. The van der Waals surface area contributed by atoms with Crippen molar-refractivity contribution in [2.24, 2.45) is 0 Å². The number of nitrogens with zero attached hydrogens (tertiary/aromatic N) is 3. The van der Waals surface area contributed by atoms with E-state index in [1.807, 2.05) is 5.38 Å². The molecule has 0 atom stereocenters. The standard InChI is InChI=1S/C19H13N3O4S3/c23-13(9-15-20-6-8-27-15)10-29-19-21-14-5-7-28-16(14)17(24)22(19)12-3-1-11(2-4-12)18(25)26/h1-8H,9-10H2,(H,25,26). The summed E-state index contributed by atoms with van der Waals surface area (Å²) in [5.41, 5.74) is 0.952. The number of carbonyl (C=O) groups excluding carboxylic acids is 1. The van der Waals surface area contributed by atoms with E-state index in [2.05, 4.69) is 9.97 Å². The summed E-state index contributed by atoms with van der Waals surface area (Å²) in [5, 5.41) is 13.8. The van der Waals surface area contributed by atoms with Gasteiger partial charge in [0.25, 0.3) is 5.56 Å². The van der Waals surface area contributed by atoms with E-state index in [-0.39, 0.29) is 29.1 Å². The van der Waals surface area contributed by atoms with Gasteiger partial charge in [-0.15, -0.1) is 22.7 Å². The van der Waals surface area contributed by atoms with Crippen LogP contribution in [0.2, 0.25) is 0 Å². The van der Waals surface area contributed by atoms with Crippen LogP contribution in [0.4, 0.5) is 0 Å². The highest BCUT2D eigenvalue weighted by Crippen LogP contribution is 2.24. The fourth-order valence-corrected chi connectivity index (χ4v) is 4.95. The number of hydrogen-bond donors (Lipinski definition) is 1. The fourth-order valence-electron chi connectivity index (χ4n) is 2.67. The lowest BCUT2D eigenvalue weighted by atomic mass is 10.2. The van der Waals surface area contributed by atoms with Crippen LogP contribution >= 0.6 is 34.4 Å². The quantitative estimate of drug-likeness (QED) is 0.344. The third-order valence-electron chi connectivity index (χ3n) is 4.02. The molecule has 146 valence electrons. The lowest BCUT2D eigenvalue weighted by Gasteiger charge is -2.12. The van der Waals surface area contributed by atoms with Crippen molar-refractivity contribution in [1.29, 1.82) is 0 Å². The molecule has 29 heavy (non-hydrogen) atoms. The maximum Gasteiger partial charge on any atom is 0.335 e. The van der Waals surface area contributed by atoms with Gasteiger partial charge < -0.3 is 5.11 Å². The fraction of sp³-hybridized carbons (Fsp3) is 0.105. The number of rotatable bonds is 7. The van der Waals surface area contributed by atoms with Crippen LogP contribution in [0, 0.1) is 0 Å². The maximum absolute atomic E-state index is 13.0. The third-order valence-corrected chi connectivity index (χ3v) is 6.69. The number of carbonyl (C=O) groups is 2. The average Bonchev–Trinajstić information content (AvgIpc) is 3.38. The number of carboxylic acids is 1. The Bertz CT molecular complexity index is 1240. The third kappa shape index (κ3) is 4.14. The molecule has 4 aromatic rings. The molecule has 0 fully saturated rings. The van der Waals surface area contributed by atoms with Crippen LogP contribution in [-0.4, -0.2) is 37.1 Å². The zero-order valence-corrected chi connectivity index (χ0v) is 17.2. The lowest BCUT2D eigenvalue weighted by molar-refractivity contribution is -0.116. The van der Waals surface area contributed by atoms with Crippen molar-refractivity contribution in [3.8, 4) is 5.69 Å². The average molecular weight is 444 g/mol. The van der Waals surface area contributed by atoms with Crippen LogP contribution in [0.1, 0.15) is 15.4 Å². The van der Waals surface area contributed by atoms with Gasteiger partial charge in [-0.2, -0.15) is 0 Å². The SMILES string of the molecule is O=C(CSc1nc2ccsc2c(=O)n1-c1ccc(C(=O)O)cc1)Cc1nccs1. The van der Waals surface area contributed by atoms with Gasteiger partial charge in [-0.05, 0) is 35.7 Å². The molecule has 0 aliphatic carbocycles. The highest BCUT2D eigenvalue weighted by Gasteiger charge is 2.16. The molecule has 0 unspecified atom stereocenters. The van der Waals surface area contributed by atoms with Crippen LogP contribution in [0.25, 0.3) is 15.9 Å². The molecule has 3 heterocycles. The van der Waals surface area contributed by atoms with E-state index in [0.29, 0.717) is 21.1 Å². The van der Waals surface area contributed by atoms with Crippen LogP contribution < -0.4 is 5.56 Å². The van der Waals surface area contributed by atoms with Gasteiger partial charge in [0.15, 0.2) is 5.16 Å². The molecule has 0 saturated heterocycles. The van der Waals surface area contributed by atoms with Gasteiger partial charge in [-0.25, -0.2) is 14.8 Å². The number of thioether (sulfide) groups is 1. The summed E-state index contributed by atoms with van der Waals surface area (Å²) in [4.78, 5) is 45.1. The molecule has 0 bridgehead atoms. The number of Topliss-reactive ketones (excluding diaryl/α,β-unsaturated/α-hetero) is 1. The second kappa shape index (κ2) is 8.27. The first-order chi connectivity index (χ1) is 14.0. The second-order valence-corrected chi connectivity index (χ2v) is 8.79. The van der Waals surface area contributed by atoms with Gasteiger partial charge in [-0.3, -0.25) is 14.2 Å². The summed E-state index contributed by atoms with van der Waals surface area (Å²) in [6.07, 6.45) is 1.90. The van der Waals surface area contributed by atoms with Gasteiger partial charge >= 0.3 is 5.97 Å². The normalized spacial score (nSPS) is 11.0. The van der Waals surface area contributed by atoms with Crippen LogP contribution in [0.5, 0.6) is 0 Å². The highest BCUT2D eigenvalue weighted by molar-refractivity contribution is 7.99. The van der Waals surface area contributed by atoms with Crippen molar-refractivity contribution in [3.05, 3.63) is 68.2 Å². The van der Waals surface area contributed by atoms with E-state index in [1.54, 1.807) is 29.8 Å².